The number of nitrogens with zero attached hydrogens (tertiary/aromatic N) is 4. The van der Waals surface area contributed by atoms with Gasteiger partial charge in [-0.05, 0) is 82.7 Å². The van der Waals surface area contributed by atoms with Gasteiger partial charge in [-0.1, -0.05) is 55.4 Å². The van der Waals surface area contributed by atoms with Crippen molar-refractivity contribution in [3.8, 4) is 22.5 Å². The average Bonchev–Trinajstić information content (AvgIpc) is 3.05. The third-order valence-electron chi connectivity index (χ3n) is 12.7. The molecule has 9 rings (SSSR count). The Balaban J connectivity index is 1.16. The van der Waals surface area contributed by atoms with Crippen LogP contribution in [0.15, 0.2) is 55.1 Å². The second-order valence-corrected chi connectivity index (χ2v) is 17.8. The number of aromatic nitrogens is 2. The lowest BCUT2D eigenvalue weighted by Crippen LogP contribution is -2.44. The molecular formula is C42H46N4O4. The molecule has 0 N–H and O–H groups in total. The summed E-state index contributed by atoms with van der Waals surface area (Å²) in [5, 5.41) is 1.80. The molecule has 2 aromatic carbocycles. The number of hydrogen-bond donors (Lipinski definition) is 0. The Morgan fingerprint density at radius 1 is 0.540 bits per heavy atom. The summed E-state index contributed by atoms with van der Waals surface area (Å²) in [7, 11) is 0. The highest BCUT2D eigenvalue weighted by Gasteiger charge is 2.43. The SMILES string of the molecule is CC1(C)CCN2CCC(C)(C)c3c2c1cc1cc(-c2cnc(-c4cc5cc6c7c(c5oc4=O)C(C)(C)CCN7CCC6(C)C)cn2)c(=O)oc31. The summed E-state index contributed by atoms with van der Waals surface area (Å²) in [5.74, 6) is 0. The molecule has 3 aromatic heterocycles. The summed E-state index contributed by atoms with van der Waals surface area (Å²) in [6.45, 7) is 22.3. The van der Waals surface area contributed by atoms with Gasteiger partial charge in [0.15, 0.2) is 0 Å². The van der Waals surface area contributed by atoms with E-state index < -0.39 is 11.3 Å². The highest BCUT2D eigenvalue weighted by Crippen LogP contribution is 2.53. The van der Waals surface area contributed by atoms with E-state index in [-0.39, 0.29) is 21.7 Å². The lowest BCUT2D eigenvalue weighted by Gasteiger charge is -2.48. The minimum atomic E-state index is -0.443. The molecule has 0 atom stereocenters. The van der Waals surface area contributed by atoms with Gasteiger partial charge in [0.05, 0.1) is 34.9 Å². The molecule has 4 aliphatic rings. The van der Waals surface area contributed by atoms with E-state index in [1.807, 2.05) is 12.1 Å². The van der Waals surface area contributed by atoms with Gasteiger partial charge < -0.3 is 18.6 Å². The molecule has 0 radical (unpaired) electrons. The first-order valence-corrected chi connectivity index (χ1v) is 18.2. The maximum atomic E-state index is 13.7. The van der Waals surface area contributed by atoms with Crippen molar-refractivity contribution in [1.29, 1.82) is 0 Å². The van der Waals surface area contributed by atoms with Gasteiger partial charge in [0, 0.05) is 59.5 Å². The maximum absolute atomic E-state index is 13.7. The minimum Gasteiger partial charge on any atom is -0.422 e. The van der Waals surface area contributed by atoms with Gasteiger partial charge in [0.2, 0.25) is 0 Å². The fourth-order valence-corrected chi connectivity index (χ4v) is 9.27. The van der Waals surface area contributed by atoms with Gasteiger partial charge in [-0.25, -0.2) is 9.59 Å². The lowest BCUT2D eigenvalue weighted by molar-refractivity contribution is 0.398. The third kappa shape index (κ3) is 4.42. The van der Waals surface area contributed by atoms with Crippen LogP contribution in [0.3, 0.4) is 0 Å². The highest BCUT2D eigenvalue weighted by atomic mass is 16.4. The summed E-state index contributed by atoms with van der Waals surface area (Å²) in [6, 6.07) is 8.24. The summed E-state index contributed by atoms with van der Waals surface area (Å²) in [5.41, 5.74) is 9.07. The molecule has 5 aromatic rings. The van der Waals surface area contributed by atoms with Crippen LogP contribution in [0.1, 0.15) is 103 Å². The van der Waals surface area contributed by atoms with Gasteiger partial charge in [0.25, 0.3) is 0 Å². The Morgan fingerprint density at radius 3 is 1.26 bits per heavy atom. The molecule has 0 saturated heterocycles. The largest absolute Gasteiger partial charge is 0.422 e. The second-order valence-electron chi connectivity index (χ2n) is 17.8. The van der Waals surface area contributed by atoms with Crippen LogP contribution in [0.4, 0.5) is 11.4 Å². The lowest BCUT2D eigenvalue weighted by atomic mass is 9.69. The summed E-state index contributed by atoms with van der Waals surface area (Å²) in [6.07, 6.45) is 7.27. The molecule has 8 heteroatoms. The topological polar surface area (TPSA) is 92.7 Å². The fraction of sp³-hybridized carbons (Fsp3) is 0.476. The third-order valence-corrected chi connectivity index (χ3v) is 12.7. The van der Waals surface area contributed by atoms with E-state index >= 15 is 0 Å². The molecule has 0 bridgehead atoms. The van der Waals surface area contributed by atoms with Crippen LogP contribution >= 0.6 is 0 Å². The molecule has 0 fully saturated rings. The van der Waals surface area contributed by atoms with Crippen LogP contribution < -0.4 is 21.1 Å². The summed E-state index contributed by atoms with van der Waals surface area (Å²) < 4.78 is 12.4. The Bertz CT molecular complexity index is 2220. The van der Waals surface area contributed by atoms with Gasteiger partial charge >= 0.3 is 11.3 Å². The predicted octanol–water partition coefficient (Wildman–Crippen LogP) is 8.36. The van der Waals surface area contributed by atoms with E-state index in [2.05, 4.69) is 87.3 Å². The van der Waals surface area contributed by atoms with Gasteiger partial charge in [-0.3, -0.25) is 9.97 Å². The van der Waals surface area contributed by atoms with E-state index in [9.17, 15) is 9.59 Å². The van der Waals surface area contributed by atoms with Crippen LogP contribution in [-0.2, 0) is 21.7 Å². The van der Waals surface area contributed by atoms with E-state index in [1.54, 1.807) is 12.4 Å². The van der Waals surface area contributed by atoms with Gasteiger partial charge in [-0.15, -0.1) is 0 Å². The number of benzene rings is 2. The molecule has 4 aliphatic heterocycles. The monoisotopic (exact) mass is 670 g/mol. The summed E-state index contributed by atoms with van der Waals surface area (Å²) in [4.78, 5) is 41.6. The molecule has 50 heavy (non-hydrogen) atoms. The van der Waals surface area contributed by atoms with Crippen molar-refractivity contribution in [2.24, 2.45) is 0 Å². The first-order chi connectivity index (χ1) is 23.6. The minimum absolute atomic E-state index is 0.00279. The first kappa shape index (κ1) is 31.5. The van der Waals surface area contributed by atoms with Crippen LogP contribution in [-0.4, -0.2) is 36.1 Å². The predicted molar refractivity (Wildman–Crippen MR) is 200 cm³/mol. The van der Waals surface area contributed by atoms with Gasteiger partial charge in [-0.2, -0.15) is 0 Å². The van der Waals surface area contributed by atoms with Crippen LogP contribution in [0.5, 0.6) is 0 Å². The average molecular weight is 671 g/mol. The van der Waals surface area contributed by atoms with Crippen molar-refractivity contribution >= 4 is 33.3 Å². The van der Waals surface area contributed by atoms with Crippen molar-refractivity contribution in [1.82, 2.24) is 9.97 Å². The number of anilines is 2. The molecule has 258 valence electrons. The molecule has 0 unspecified atom stereocenters. The highest BCUT2D eigenvalue weighted by molar-refractivity contribution is 5.93. The molecule has 0 amide bonds. The quantitative estimate of drug-likeness (QED) is 0.173. The second kappa shape index (κ2) is 10.1. The van der Waals surface area contributed by atoms with E-state index in [4.69, 9.17) is 8.83 Å². The number of fused-ring (bicyclic) bond motifs is 4. The zero-order valence-electron chi connectivity index (χ0n) is 30.5. The van der Waals surface area contributed by atoms with Crippen LogP contribution in [0.25, 0.3) is 44.5 Å². The van der Waals surface area contributed by atoms with Crippen LogP contribution in [0, 0.1) is 0 Å². The van der Waals surface area contributed by atoms with Gasteiger partial charge in [0.1, 0.15) is 11.2 Å². The van der Waals surface area contributed by atoms with Crippen molar-refractivity contribution in [2.45, 2.75) is 103 Å². The summed E-state index contributed by atoms with van der Waals surface area (Å²) >= 11 is 0. The number of hydrogen-bond acceptors (Lipinski definition) is 8. The molecule has 0 spiro atoms. The van der Waals surface area contributed by atoms with Crippen molar-refractivity contribution in [3.05, 3.63) is 79.8 Å². The van der Waals surface area contributed by atoms with E-state index in [1.165, 1.54) is 22.5 Å². The van der Waals surface area contributed by atoms with Crippen LogP contribution in [0.2, 0.25) is 0 Å². The zero-order chi connectivity index (χ0) is 35.1. The Hall–Kier alpha value is -4.46. The van der Waals surface area contributed by atoms with Crippen molar-refractivity contribution < 1.29 is 8.83 Å². The molecular weight excluding hydrogens is 624 g/mol. The first-order valence-electron chi connectivity index (χ1n) is 18.2. The Labute approximate surface area is 292 Å². The smallest absolute Gasteiger partial charge is 0.345 e. The van der Waals surface area contributed by atoms with Crippen molar-refractivity contribution in [2.75, 3.05) is 36.0 Å². The molecule has 7 heterocycles. The maximum Gasteiger partial charge on any atom is 0.345 e. The van der Waals surface area contributed by atoms with E-state index in [0.717, 1.165) is 73.8 Å². The zero-order valence-corrected chi connectivity index (χ0v) is 30.5. The Morgan fingerprint density at radius 2 is 0.900 bits per heavy atom. The molecule has 0 aliphatic carbocycles. The molecule has 0 saturated carbocycles. The van der Waals surface area contributed by atoms with E-state index in [0.29, 0.717) is 33.7 Å². The number of rotatable bonds is 2. The fourth-order valence-electron chi connectivity index (χ4n) is 9.27. The molecule has 8 nitrogen and oxygen atoms in total. The van der Waals surface area contributed by atoms with Crippen molar-refractivity contribution in [3.63, 3.8) is 0 Å². The standard InChI is InChI=1S/C42H46N4O4/c1-39(2)9-13-45-15-11-41(5,6)31-33(45)27(39)19-23-17-25(37(47)49-35(23)31)29-21-44-30(22-43-29)26-18-24-20-28-34-32(36(24)50-38(26)48)42(7,8)12-16-46(34)14-10-40(28,3)4/h17-22H,9-16H2,1-8H3. The Kier molecular flexibility index (Phi) is 6.35. The normalized spacial score (nSPS) is 20.9.